The highest BCUT2D eigenvalue weighted by atomic mass is 79.9. The monoisotopic (exact) mass is 315 g/mol. The SMILES string of the molecule is O=[N+]([O-])C1CC1c1nc(-c2cc(Br)cs2)no1. The van der Waals surface area contributed by atoms with Crippen molar-refractivity contribution in [2.24, 2.45) is 0 Å². The third-order valence-corrected chi connectivity index (χ3v) is 4.26. The van der Waals surface area contributed by atoms with Gasteiger partial charge in [-0.15, -0.1) is 11.3 Å². The lowest BCUT2D eigenvalue weighted by atomic mass is 10.4. The number of hydrogen-bond donors (Lipinski definition) is 0. The summed E-state index contributed by atoms with van der Waals surface area (Å²) >= 11 is 4.83. The van der Waals surface area contributed by atoms with Crippen molar-refractivity contribution in [2.45, 2.75) is 18.4 Å². The van der Waals surface area contributed by atoms with E-state index in [2.05, 4.69) is 26.1 Å². The van der Waals surface area contributed by atoms with Gasteiger partial charge in [-0.25, -0.2) is 0 Å². The third kappa shape index (κ3) is 1.98. The molecule has 1 fully saturated rings. The number of halogens is 1. The summed E-state index contributed by atoms with van der Waals surface area (Å²) < 4.78 is 6.02. The van der Waals surface area contributed by atoms with Crippen LogP contribution in [-0.4, -0.2) is 21.1 Å². The van der Waals surface area contributed by atoms with Crippen molar-refractivity contribution in [3.05, 3.63) is 31.9 Å². The lowest BCUT2D eigenvalue weighted by Crippen LogP contribution is -2.02. The highest BCUT2D eigenvalue weighted by molar-refractivity contribution is 9.10. The van der Waals surface area contributed by atoms with Crippen molar-refractivity contribution in [1.82, 2.24) is 10.1 Å². The molecular weight excluding hydrogens is 310 g/mol. The Morgan fingerprint density at radius 2 is 2.47 bits per heavy atom. The van der Waals surface area contributed by atoms with Gasteiger partial charge in [-0.3, -0.25) is 10.1 Å². The standard InChI is InChI=1S/C9H6BrN3O3S/c10-4-1-7(17-3-4)8-11-9(16-12-8)5-2-6(5)13(14)15/h1,3,5-6H,2H2. The Labute approximate surface area is 108 Å². The smallest absolute Gasteiger partial charge is 0.237 e. The number of nitro groups is 1. The number of hydrogen-bond acceptors (Lipinski definition) is 6. The van der Waals surface area contributed by atoms with E-state index in [4.69, 9.17) is 4.52 Å². The molecule has 0 N–H and O–H groups in total. The van der Waals surface area contributed by atoms with E-state index in [1.54, 1.807) is 0 Å². The normalized spacial score (nSPS) is 22.6. The summed E-state index contributed by atoms with van der Waals surface area (Å²) in [6.45, 7) is 0. The molecule has 17 heavy (non-hydrogen) atoms. The molecule has 2 atom stereocenters. The topological polar surface area (TPSA) is 82.1 Å². The molecular formula is C9H6BrN3O3S. The van der Waals surface area contributed by atoms with Gasteiger partial charge in [0.2, 0.25) is 17.8 Å². The van der Waals surface area contributed by atoms with Gasteiger partial charge in [-0.1, -0.05) is 5.16 Å². The fraction of sp³-hybridized carbons (Fsp3) is 0.333. The van der Waals surface area contributed by atoms with Gasteiger partial charge < -0.3 is 4.52 Å². The van der Waals surface area contributed by atoms with Crippen LogP contribution in [0.4, 0.5) is 0 Å². The fourth-order valence-electron chi connectivity index (χ4n) is 1.60. The maximum Gasteiger partial charge on any atom is 0.237 e. The summed E-state index contributed by atoms with van der Waals surface area (Å²) in [5, 5.41) is 16.3. The number of nitrogens with zero attached hydrogens (tertiary/aromatic N) is 3. The molecule has 0 saturated heterocycles. The van der Waals surface area contributed by atoms with Crippen LogP contribution < -0.4 is 0 Å². The Kier molecular flexibility index (Phi) is 2.48. The van der Waals surface area contributed by atoms with Gasteiger partial charge >= 0.3 is 0 Å². The minimum absolute atomic E-state index is 0.213. The van der Waals surface area contributed by atoms with E-state index in [9.17, 15) is 10.1 Å². The second-order valence-electron chi connectivity index (χ2n) is 3.78. The van der Waals surface area contributed by atoms with Crippen LogP contribution >= 0.6 is 27.3 Å². The zero-order chi connectivity index (χ0) is 12.0. The Bertz CT molecular complexity index is 582. The van der Waals surface area contributed by atoms with Gasteiger partial charge in [-0.05, 0) is 22.0 Å². The fourth-order valence-corrected chi connectivity index (χ4v) is 2.95. The zero-order valence-electron chi connectivity index (χ0n) is 8.37. The van der Waals surface area contributed by atoms with E-state index in [0.29, 0.717) is 18.1 Å². The van der Waals surface area contributed by atoms with E-state index in [1.807, 2.05) is 11.4 Å². The maximum atomic E-state index is 10.5. The first-order valence-corrected chi connectivity index (χ1v) is 6.54. The molecule has 0 spiro atoms. The van der Waals surface area contributed by atoms with E-state index < -0.39 is 6.04 Å². The van der Waals surface area contributed by atoms with Crippen LogP contribution in [0.3, 0.4) is 0 Å². The van der Waals surface area contributed by atoms with Gasteiger partial charge in [-0.2, -0.15) is 4.98 Å². The van der Waals surface area contributed by atoms with Gasteiger partial charge in [0.25, 0.3) is 0 Å². The summed E-state index contributed by atoms with van der Waals surface area (Å²) in [4.78, 5) is 15.3. The molecule has 1 aliphatic rings. The van der Waals surface area contributed by atoms with E-state index >= 15 is 0 Å². The van der Waals surface area contributed by atoms with E-state index in [-0.39, 0.29) is 10.8 Å². The molecule has 0 bridgehead atoms. The quantitative estimate of drug-likeness (QED) is 0.642. The molecule has 0 amide bonds. The van der Waals surface area contributed by atoms with Gasteiger partial charge in [0.05, 0.1) is 4.88 Å². The van der Waals surface area contributed by atoms with Crippen LogP contribution in [0.15, 0.2) is 20.4 Å². The minimum Gasteiger partial charge on any atom is -0.338 e. The molecule has 3 rings (SSSR count). The summed E-state index contributed by atoms with van der Waals surface area (Å²) in [5.74, 6) is 0.644. The van der Waals surface area contributed by atoms with Crippen molar-refractivity contribution >= 4 is 27.3 Å². The van der Waals surface area contributed by atoms with Crippen molar-refractivity contribution in [3.63, 3.8) is 0 Å². The largest absolute Gasteiger partial charge is 0.338 e. The zero-order valence-corrected chi connectivity index (χ0v) is 10.8. The van der Waals surface area contributed by atoms with Crippen LogP contribution in [0, 0.1) is 10.1 Å². The molecule has 2 aromatic heterocycles. The van der Waals surface area contributed by atoms with Gasteiger partial charge in [0, 0.05) is 21.2 Å². The van der Waals surface area contributed by atoms with Crippen LogP contribution in [0.5, 0.6) is 0 Å². The molecule has 2 heterocycles. The number of thiophene rings is 1. The summed E-state index contributed by atoms with van der Waals surface area (Å²) in [5.41, 5.74) is 0. The Hall–Kier alpha value is -1.28. The highest BCUT2D eigenvalue weighted by Crippen LogP contribution is 2.42. The highest BCUT2D eigenvalue weighted by Gasteiger charge is 2.53. The number of aromatic nitrogens is 2. The molecule has 2 unspecified atom stereocenters. The first-order valence-electron chi connectivity index (χ1n) is 4.86. The lowest BCUT2D eigenvalue weighted by molar-refractivity contribution is -0.496. The van der Waals surface area contributed by atoms with Crippen LogP contribution in [0.2, 0.25) is 0 Å². The third-order valence-electron chi connectivity index (χ3n) is 2.57. The van der Waals surface area contributed by atoms with E-state index in [1.165, 1.54) is 11.3 Å². The Morgan fingerprint density at radius 3 is 3.06 bits per heavy atom. The summed E-state index contributed by atoms with van der Waals surface area (Å²) in [6, 6.07) is 1.33. The van der Waals surface area contributed by atoms with Crippen LogP contribution in [-0.2, 0) is 0 Å². The lowest BCUT2D eigenvalue weighted by Gasteiger charge is -1.85. The summed E-state index contributed by atoms with van der Waals surface area (Å²) in [6.07, 6.45) is 0.489. The van der Waals surface area contributed by atoms with Gasteiger partial charge in [0.1, 0.15) is 5.92 Å². The molecule has 0 aliphatic heterocycles. The molecule has 2 aromatic rings. The number of rotatable bonds is 3. The first-order chi connectivity index (χ1) is 8.15. The van der Waals surface area contributed by atoms with Gasteiger partial charge in [0.15, 0.2) is 0 Å². The van der Waals surface area contributed by atoms with Crippen molar-refractivity contribution < 1.29 is 9.45 Å². The average Bonchev–Trinajstić information content (AvgIpc) is 2.74. The van der Waals surface area contributed by atoms with Crippen molar-refractivity contribution in [3.8, 4) is 10.7 Å². The molecule has 88 valence electrons. The minimum atomic E-state index is -0.557. The molecule has 8 heteroatoms. The predicted octanol–water partition coefficient (Wildman–Crippen LogP) is 2.69. The molecule has 0 radical (unpaired) electrons. The second-order valence-corrected chi connectivity index (χ2v) is 5.61. The Balaban J connectivity index is 1.82. The maximum absolute atomic E-state index is 10.5. The van der Waals surface area contributed by atoms with Crippen LogP contribution in [0.1, 0.15) is 18.2 Å². The first kappa shape index (κ1) is 10.8. The Morgan fingerprint density at radius 1 is 1.65 bits per heavy atom. The van der Waals surface area contributed by atoms with Crippen molar-refractivity contribution in [2.75, 3.05) is 0 Å². The molecule has 6 nitrogen and oxygen atoms in total. The second kappa shape index (κ2) is 3.88. The molecule has 0 aromatic carbocycles. The molecule has 1 saturated carbocycles. The van der Waals surface area contributed by atoms with Crippen molar-refractivity contribution in [1.29, 1.82) is 0 Å². The predicted molar refractivity (Wildman–Crippen MR) is 63.5 cm³/mol. The van der Waals surface area contributed by atoms with E-state index in [0.717, 1.165) is 9.35 Å². The molecule has 1 aliphatic carbocycles. The summed E-state index contributed by atoms with van der Waals surface area (Å²) in [7, 11) is 0. The van der Waals surface area contributed by atoms with Crippen LogP contribution in [0.25, 0.3) is 10.7 Å². The average molecular weight is 316 g/mol.